The van der Waals surface area contributed by atoms with Gasteiger partial charge in [-0.25, -0.2) is 4.79 Å². The Morgan fingerprint density at radius 1 is 0.966 bits per heavy atom. The van der Waals surface area contributed by atoms with Crippen molar-refractivity contribution in [2.24, 2.45) is 0 Å². The van der Waals surface area contributed by atoms with Gasteiger partial charge >= 0.3 is 5.97 Å². The van der Waals surface area contributed by atoms with Crippen LogP contribution < -0.4 is 15.0 Å². The van der Waals surface area contributed by atoms with Gasteiger partial charge in [-0.1, -0.05) is 6.92 Å². The molecule has 0 aliphatic carbocycles. The Morgan fingerprint density at radius 2 is 1.62 bits per heavy atom. The Bertz CT molecular complexity index is 813. The molecule has 1 aliphatic rings. The lowest BCUT2D eigenvalue weighted by Crippen LogP contribution is -2.46. The van der Waals surface area contributed by atoms with Crippen molar-refractivity contribution in [2.75, 3.05) is 56.7 Å². The van der Waals surface area contributed by atoms with Gasteiger partial charge in [0.05, 0.1) is 12.7 Å². The molecule has 154 valence electrons. The number of carbonyl (C=O) groups is 2. The van der Waals surface area contributed by atoms with Crippen LogP contribution in [0.3, 0.4) is 0 Å². The number of likely N-dealkylation sites (N-methyl/N-ethyl adjacent to an activating group) is 1. The molecule has 1 saturated heterocycles. The second-order valence-electron chi connectivity index (χ2n) is 6.82. The first-order chi connectivity index (χ1) is 14.1. The number of carbonyl (C=O) groups excluding carboxylic acids is 2. The summed E-state index contributed by atoms with van der Waals surface area (Å²) in [4.78, 5) is 28.9. The Hall–Kier alpha value is -3.06. The second-order valence-corrected chi connectivity index (χ2v) is 6.82. The Balaban J connectivity index is 1.46. The molecule has 0 aromatic heterocycles. The SMILES string of the molecule is CCN1CCN(c2ccc(NC(=O)COC(=O)c3ccc(OC)cc3)cc2)CC1. The zero-order chi connectivity index (χ0) is 20.6. The molecule has 2 aromatic carbocycles. The quantitative estimate of drug-likeness (QED) is 0.725. The number of ether oxygens (including phenoxy) is 2. The molecule has 0 bridgehead atoms. The molecule has 7 nitrogen and oxygen atoms in total. The summed E-state index contributed by atoms with van der Waals surface area (Å²) in [5.41, 5.74) is 2.18. The van der Waals surface area contributed by atoms with Crippen LogP contribution >= 0.6 is 0 Å². The number of amides is 1. The van der Waals surface area contributed by atoms with Crippen LogP contribution in [0.5, 0.6) is 5.75 Å². The van der Waals surface area contributed by atoms with Crippen LogP contribution in [0.25, 0.3) is 0 Å². The molecule has 0 radical (unpaired) electrons. The number of nitrogens with one attached hydrogen (secondary N) is 1. The lowest BCUT2D eigenvalue weighted by atomic mass is 10.2. The van der Waals surface area contributed by atoms with Gasteiger partial charge in [-0.3, -0.25) is 4.79 Å². The van der Waals surface area contributed by atoms with E-state index in [4.69, 9.17) is 9.47 Å². The average molecular weight is 397 g/mol. The largest absolute Gasteiger partial charge is 0.497 e. The third-order valence-corrected chi connectivity index (χ3v) is 5.00. The van der Waals surface area contributed by atoms with Crippen molar-refractivity contribution in [3.05, 3.63) is 54.1 Å². The minimum absolute atomic E-state index is 0.342. The number of methoxy groups -OCH3 is 1. The first-order valence-corrected chi connectivity index (χ1v) is 9.77. The van der Waals surface area contributed by atoms with Crippen molar-refractivity contribution >= 4 is 23.3 Å². The van der Waals surface area contributed by atoms with Gasteiger partial charge in [-0.15, -0.1) is 0 Å². The summed E-state index contributed by atoms with van der Waals surface area (Å²) in [6, 6.07) is 14.3. The van der Waals surface area contributed by atoms with Crippen LogP contribution in [-0.4, -0.2) is 63.2 Å². The van der Waals surface area contributed by atoms with Crippen molar-refractivity contribution in [1.82, 2.24) is 4.90 Å². The fourth-order valence-corrected chi connectivity index (χ4v) is 3.22. The Morgan fingerprint density at radius 3 is 2.21 bits per heavy atom. The molecule has 1 heterocycles. The van der Waals surface area contributed by atoms with Crippen molar-refractivity contribution < 1.29 is 19.1 Å². The van der Waals surface area contributed by atoms with E-state index in [1.165, 1.54) is 0 Å². The highest BCUT2D eigenvalue weighted by Crippen LogP contribution is 2.19. The molecular weight excluding hydrogens is 370 g/mol. The number of anilines is 2. The summed E-state index contributed by atoms with van der Waals surface area (Å²) in [6.07, 6.45) is 0. The molecule has 0 unspecified atom stereocenters. The average Bonchev–Trinajstić information content (AvgIpc) is 2.78. The number of esters is 1. The van der Waals surface area contributed by atoms with E-state index in [1.54, 1.807) is 31.4 Å². The molecule has 0 saturated carbocycles. The van der Waals surface area contributed by atoms with Crippen LogP contribution in [0.15, 0.2) is 48.5 Å². The molecule has 1 fully saturated rings. The van der Waals surface area contributed by atoms with Gasteiger partial charge in [-0.05, 0) is 55.1 Å². The standard InChI is InChI=1S/C22H27N3O4/c1-3-24-12-14-25(15-13-24)19-8-6-18(7-9-19)23-21(26)16-29-22(27)17-4-10-20(28-2)11-5-17/h4-11H,3,12-16H2,1-2H3,(H,23,26). The summed E-state index contributed by atoms with van der Waals surface area (Å²) in [6.45, 7) is 7.06. The lowest BCUT2D eigenvalue weighted by molar-refractivity contribution is -0.119. The number of piperazine rings is 1. The van der Waals surface area contributed by atoms with Gasteiger partial charge in [0, 0.05) is 37.6 Å². The van der Waals surface area contributed by atoms with Gasteiger partial charge in [0.25, 0.3) is 5.91 Å². The monoisotopic (exact) mass is 397 g/mol. The highest BCUT2D eigenvalue weighted by atomic mass is 16.5. The van der Waals surface area contributed by atoms with Crippen molar-refractivity contribution in [3.63, 3.8) is 0 Å². The molecule has 29 heavy (non-hydrogen) atoms. The topological polar surface area (TPSA) is 71.1 Å². The van der Waals surface area contributed by atoms with Crippen molar-refractivity contribution in [2.45, 2.75) is 6.92 Å². The van der Waals surface area contributed by atoms with E-state index >= 15 is 0 Å². The van der Waals surface area contributed by atoms with Crippen LogP contribution in [-0.2, 0) is 9.53 Å². The van der Waals surface area contributed by atoms with E-state index < -0.39 is 5.97 Å². The molecule has 2 aromatic rings. The van der Waals surface area contributed by atoms with Gasteiger partial charge in [-0.2, -0.15) is 0 Å². The summed E-state index contributed by atoms with van der Waals surface area (Å²) in [7, 11) is 1.55. The van der Waals surface area contributed by atoms with E-state index in [2.05, 4.69) is 22.0 Å². The summed E-state index contributed by atoms with van der Waals surface area (Å²) in [5, 5.41) is 2.75. The van der Waals surface area contributed by atoms with Crippen LogP contribution in [0.1, 0.15) is 17.3 Å². The minimum Gasteiger partial charge on any atom is -0.497 e. The fourth-order valence-electron chi connectivity index (χ4n) is 3.22. The minimum atomic E-state index is -0.552. The van der Waals surface area contributed by atoms with Gasteiger partial charge < -0.3 is 24.6 Å². The number of benzene rings is 2. The molecule has 1 aliphatic heterocycles. The van der Waals surface area contributed by atoms with Crippen LogP contribution in [0, 0.1) is 0 Å². The maximum absolute atomic E-state index is 12.1. The zero-order valence-electron chi connectivity index (χ0n) is 16.9. The van der Waals surface area contributed by atoms with Crippen LogP contribution in [0.4, 0.5) is 11.4 Å². The maximum Gasteiger partial charge on any atom is 0.338 e. The maximum atomic E-state index is 12.1. The van der Waals surface area contributed by atoms with E-state index in [0.717, 1.165) is 38.4 Å². The number of rotatable bonds is 7. The first kappa shape index (κ1) is 20.7. The predicted octanol–water partition coefficient (Wildman–Crippen LogP) is 2.63. The van der Waals surface area contributed by atoms with Gasteiger partial charge in [0.1, 0.15) is 5.75 Å². The van der Waals surface area contributed by atoms with E-state index in [1.807, 2.05) is 24.3 Å². The molecule has 7 heteroatoms. The van der Waals surface area contributed by atoms with E-state index in [0.29, 0.717) is 17.0 Å². The highest BCUT2D eigenvalue weighted by molar-refractivity contribution is 5.95. The van der Waals surface area contributed by atoms with Crippen molar-refractivity contribution in [1.29, 1.82) is 0 Å². The number of hydrogen-bond acceptors (Lipinski definition) is 6. The summed E-state index contributed by atoms with van der Waals surface area (Å²) in [5.74, 6) is -0.282. The van der Waals surface area contributed by atoms with Gasteiger partial charge in [0.15, 0.2) is 6.61 Å². The Kier molecular flexibility index (Phi) is 7.08. The summed E-state index contributed by atoms with van der Waals surface area (Å²) >= 11 is 0. The number of hydrogen-bond donors (Lipinski definition) is 1. The predicted molar refractivity (Wildman–Crippen MR) is 113 cm³/mol. The second kappa shape index (κ2) is 9.93. The van der Waals surface area contributed by atoms with Crippen molar-refractivity contribution in [3.8, 4) is 5.75 Å². The zero-order valence-corrected chi connectivity index (χ0v) is 16.9. The molecule has 1 N–H and O–H groups in total. The third kappa shape index (κ3) is 5.71. The van der Waals surface area contributed by atoms with E-state index in [-0.39, 0.29) is 12.5 Å². The highest BCUT2D eigenvalue weighted by Gasteiger charge is 2.16. The van der Waals surface area contributed by atoms with E-state index in [9.17, 15) is 9.59 Å². The smallest absolute Gasteiger partial charge is 0.338 e. The normalized spacial score (nSPS) is 14.3. The molecule has 0 atom stereocenters. The molecule has 3 rings (SSSR count). The first-order valence-electron chi connectivity index (χ1n) is 9.77. The Labute approximate surface area is 171 Å². The third-order valence-electron chi connectivity index (χ3n) is 5.00. The fraction of sp³-hybridized carbons (Fsp3) is 0.364. The lowest BCUT2D eigenvalue weighted by Gasteiger charge is -2.35. The molecule has 1 amide bonds. The molecule has 0 spiro atoms. The molecular formula is C22H27N3O4. The number of nitrogens with zero attached hydrogens (tertiary/aromatic N) is 2. The van der Waals surface area contributed by atoms with Crippen LogP contribution in [0.2, 0.25) is 0 Å². The van der Waals surface area contributed by atoms with Gasteiger partial charge in [0.2, 0.25) is 0 Å². The summed E-state index contributed by atoms with van der Waals surface area (Å²) < 4.78 is 10.1.